The van der Waals surface area contributed by atoms with Gasteiger partial charge in [-0.3, -0.25) is 4.79 Å². The molecule has 0 saturated carbocycles. The van der Waals surface area contributed by atoms with Crippen LogP contribution in [0.1, 0.15) is 76.9 Å². The lowest BCUT2D eigenvalue weighted by atomic mass is 9.76. The zero-order valence-electron chi connectivity index (χ0n) is 30.6. The van der Waals surface area contributed by atoms with Gasteiger partial charge in [0.25, 0.3) is 0 Å². The third-order valence-electron chi connectivity index (χ3n) is 9.47. The van der Waals surface area contributed by atoms with Crippen LogP contribution in [-0.2, 0) is 39.3 Å². The van der Waals surface area contributed by atoms with Gasteiger partial charge < -0.3 is 24.6 Å². The van der Waals surface area contributed by atoms with E-state index < -0.39 is 29.3 Å². The predicted molar refractivity (Wildman–Crippen MR) is 207 cm³/mol. The lowest BCUT2D eigenvalue weighted by Gasteiger charge is -2.28. The van der Waals surface area contributed by atoms with Crippen LogP contribution in [0.25, 0.3) is 0 Å². The van der Waals surface area contributed by atoms with Crippen molar-refractivity contribution in [3.05, 3.63) is 201 Å². The third kappa shape index (κ3) is 9.00. The SMILES string of the molecule is COC(=O)C(C)(c1ccc(OOCc2cc(Cc3ccccc3)ccc2C(=O)O)cc1)c1ccc(OC(=O)c2cc(Cc3ccccc3)ccc2C(=O)O)cc1. The molecular formula is C46H38O10. The Morgan fingerprint density at radius 1 is 0.554 bits per heavy atom. The molecule has 0 amide bonds. The maximum absolute atomic E-state index is 13.3. The number of carboxylic acids is 2. The van der Waals surface area contributed by atoms with Crippen molar-refractivity contribution >= 4 is 23.9 Å². The normalized spacial score (nSPS) is 11.9. The molecule has 6 aromatic rings. The molecule has 0 radical (unpaired) electrons. The Morgan fingerprint density at radius 3 is 1.57 bits per heavy atom. The van der Waals surface area contributed by atoms with Crippen LogP contribution in [0.4, 0.5) is 0 Å². The van der Waals surface area contributed by atoms with Crippen molar-refractivity contribution in [2.45, 2.75) is 31.8 Å². The first-order chi connectivity index (χ1) is 27.0. The molecule has 1 unspecified atom stereocenters. The number of carbonyl (C=O) groups excluding carboxylic acids is 2. The highest BCUT2D eigenvalue weighted by atomic mass is 17.2. The van der Waals surface area contributed by atoms with Crippen LogP contribution in [0.2, 0.25) is 0 Å². The molecule has 282 valence electrons. The van der Waals surface area contributed by atoms with Gasteiger partial charge in [0.15, 0.2) is 5.75 Å². The summed E-state index contributed by atoms with van der Waals surface area (Å²) in [6.45, 7) is 1.57. The summed E-state index contributed by atoms with van der Waals surface area (Å²) in [6, 6.07) is 42.0. The van der Waals surface area contributed by atoms with E-state index in [-0.39, 0.29) is 29.0 Å². The summed E-state index contributed by atoms with van der Waals surface area (Å²) < 4.78 is 10.8. The number of aromatic carboxylic acids is 2. The van der Waals surface area contributed by atoms with E-state index in [4.69, 9.17) is 19.2 Å². The van der Waals surface area contributed by atoms with Crippen molar-refractivity contribution in [2.24, 2.45) is 0 Å². The monoisotopic (exact) mass is 750 g/mol. The van der Waals surface area contributed by atoms with Crippen molar-refractivity contribution in [3.8, 4) is 11.5 Å². The number of methoxy groups -OCH3 is 1. The van der Waals surface area contributed by atoms with Gasteiger partial charge in [0, 0.05) is 0 Å². The highest BCUT2D eigenvalue weighted by Crippen LogP contribution is 2.35. The Balaban J connectivity index is 1.14. The minimum atomic E-state index is -1.30. The molecule has 0 spiro atoms. The number of hydrogen-bond acceptors (Lipinski definition) is 8. The van der Waals surface area contributed by atoms with E-state index in [1.54, 1.807) is 67.6 Å². The maximum Gasteiger partial charge on any atom is 0.344 e. The molecule has 2 N–H and O–H groups in total. The smallest absolute Gasteiger partial charge is 0.344 e. The van der Waals surface area contributed by atoms with Crippen molar-refractivity contribution in [2.75, 3.05) is 7.11 Å². The molecule has 0 heterocycles. The molecule has 10 heteroatoms. The topological polar surface area (TPSA) is 146 Å². The minimum Gasteiger partial charge on any atom is -0.478 e. The average molecular weight is 751 g/mol. The van der Waals surface area contributed by atoms with Crippen LogP contribution in [0, 0.1) is 0 Å². The van der Waals surface area contributed by atoms with Crippen LogP contribution in [0.15, 0.2) is 146 Å². The number of hydrogen-bond donors (Lipinski definition) is 2. The van der Waals surface area contributed by atoms with E-state index in [0.29, 0.717) is 35.3 Å². The molecule has 0 fully saturated rings. The maximum atomic E-state index is 13.3. The van der Waals surface area contributed by atoms with E-state index in [1.165, 1.54) is 31.4 Å². The van der Waals surface area contributed by atoms with Gasteiger partial charge in [0.1, 0.15) is 17.8 Å². The fraction of sp³-hybridized carbons (Fsp3) is 0.130. The van der Waals surface area contributed by atoms with E-state index >= 15 is 0 Å². The lowest BCUT2D eigenvalue weighted by Crippen LogP contribution is -2.35. The van der Waals surface area contributed by atoms with Gasteiger partial charge in [-0.25, -0.2) is 14.4 Å². The molecule has 0 aromatic heterocycles. The van der Waals surface area contributed by atoms with Crippen molar-refractivity contribution < 1.29 is 48.6 Å². The molecule has 1 atom stereocenters. The van der Waals surface area contributed by atoms with E-state index in [9.17, 15) is 29.4 Å². The molecule has 6 rings (SSSR count). The summed E-state index contributed by atoms with van der Waals surface area (Å²) in [7, 11) is 1.29. The van der Waals surface area contributed by atoms with E-state index in [1.807, 2.05) is 60.7 Å². The van der Waals surface area contributed by atoms with E-state index in [0.717, 1.165) is 22.3 Å². The average Bonchev–Trinajstić information content (AvgIpc) is 3.21. The molecule has 6 aromatic carbocycles. The van der Waals surface area contributed by atoms with Gasteiger partial charge in [-0.15, -0.1) is 0 Å². The summed E-state index contributed by atoms with van der Waals surface area (Å²) in [6.07, 6.45) is 1.13. The number of carbonyl (C=O) groups is 4. The zero-order chi connectivity index (χ0) is 39.7. The fourth-order valence-corrected chi connectivity index (χ4v) is 6.43. The van der Waals surface area contributed by atoms with Crippen LogP contribution >= 0.6 is 0 Å². The first-order valence-electron chi connectivity index (χ1n) is 17.7. The standard InChI is InChI=1S/C46H38O10/c1-46(45(52)53-2,35-15-19-37(20-16-35)55-44(51)41-28-33(14-24-40(41)43(49)50)26-31-11-7-4-8-12-31)36-17-21-38(22-18-36)56-54-29-34-27-32(13-23-39(34)42(47)48)25-30-9-5-3-6-10-30/h3-24,27-28H,25-26,29H2,1-2H3,(H,47,48)(H,49,50). The summed E-state index contributed by atoms with van der Waals surface area (Å²) in [5.41, 5.74) is 3.85. The van der Waals surface area contributed by atoms with Gasteiger partial charge in [0.2, 0.25) is 0 Å². The number of esters is 2. The highest BCUT2D eigenvalue weighted by Gasteiger charge is 2.38. The van der Waals surface area contributed by atoms with Gasteiger partial charge in [-0.1, -0.05) is 103 Å². The summed E-state index contributed by atoms with van der Waals surface area (Å²) in [5, 5.41) is 19.5. The first-order valence-corrected chi connectivity index (χ1v) is 17.7. The second-order valence-corrected chi connectivity index (χ2v) is 13.2. The second kappa shape index (κ2) is 17.4. The Kier molecular flexibility index (Phi) is 12.0. The summed E-state index contributed by atoms with van der Waals surface area (Å²) >= 11 is 0. The molecular weight excluding hydrogens is 712 g/mol. The minimum absolute atomic E-state index is 0.0837. The Hall–Kier alpha value is -7.04. The Morgan fingerprint density at radius 2 is 1.05 bits per heavy atom. The molecule has 0 bridgehead atoms. The zero-order valence-corrected chi connectivity index (χ0v) is 30.6. The number of benzene rings is 6. The van der Waals surface area contributed by atoms with Crippen LogP contribution in [0.3, 0.4) is 0 Å². The largest absolute Gasteiger partial charge is 0.478 e. The molecule has 56 heavy (non-hydrogen) atoms. The first kappa shape index (κ1) is 38.7. The van der Waals surface area contributed by atoms with Gasteiger partial charge >= 0.3 is 23.9 Å². The van der Waals surface area contributed by atoms with Crippen LogP contribution in [0.5, 0.6) is 11.5 Å². The summed E-state index contributed by atoms with van der Waals surface area (Å²) in [4.78, 5) is 61.5. The molecule has 0 aliphatic rings. The van der Waals surface area contributed by atoms with Gasteiger partial charge in [-0.2, -0.15) is 4.89 Å². The van der Waals surface area contributed by atoms with Gasteiger partial charge in [0.05, 0.1) is 23.8 Å². The third-order valence-corrected chi connectivity index (χ3v) is 9.47. The number of ether oxygens (including phenoxy) is 2. The fourth-order valence-electron chi connectivity index (χ4n) is 6.43. The van der Waals surface area contributed by atoms with E-state index in [2.05, 4.69) is 0 Å². The van der Waals surface area contributed by atoms with Crippen LogP contribution < -0.4 is 9.62 Å². The van der Waals surface area contributed by atoms with Crippen molar-refractivity contribution in [1.82, 2.24) is 0 Å². The quantitative estimate of drug-likeness (QED) is 0.0454. The molecule has 0 aliphatic carbocycles. The molecule has 0 aliphatic heterocycles. The number of rotatable bonds is 15. The molecule has 10 nitrogen and oxygen atoms in total. The predicted octanol–water partition coefficient (Wildman–Crippen LogP) is 8.47. The van der Waals surface area contributed by atoms with Gasteiger partial charge in [-0.05, 0) is 101 Å². The van der Waals surface area contributed by atoms with Crippen molar-refractivity contribution in [1.29, 1.82) is 0 Å². The van der Waals surface area contributed by atoms with Crippen LogP contribution in [-0.4, -0.2) is 41.2 Å². The molecule has 0 saturated heterocycles. The van der Waals surface area contributed by atoms with Crippen molar-refractivity contribution in [3.63, 3.8) is 0 Å². The lowest BCUT2D eigenvalue weighted by molar-refractivity contribution is -0.217. The Labute approximate surface area is 323 Å². The summed E-state index contributed by atoms with van der Waals surface area (Å²) in [5.74, 6) is -3.26. The second-order valence-electron chi connectivity index (χ2n) is 13.2. The number of carboxylic acid groups (broad SMARTS) is 2. The Bertz CT molecular complexity index is 2340. The highest BCUT2D eigenvalue weighted by molar-refractivity contribution is 6.03.